The zero-order valence-corrected chi connectivity index (χ0v) is 8.46. The van der Waals surface area contributed by atoms with Crippen LogP contribution in [0, 0.1) is 11.8 Å². The van der Waals surface area contributed by atoms with Crippen molar-refractivity contribution < 1.29 is 13.2 Å². The molecule has 2 rings (SSSR count). The van der Waals surface area contributed by atoms with Crippen molar-refractivity contribution in [3.8, 4) is 0 Å². The highest BCUT2D eigenvalue weighted by Crippen LogP contribution is 2.27. The van der Waals surface area contributed by atoms with E-state index in [2.05, 4.69) is 5.32 Å². The Morgan fingerprint density at radius 1 is 1.50 bits per heavy atom. The molecule has 0 radical (unpaired) electrons. The summed E-state index contributed by atoms with van der Waals surface area (Å²) in [5, 5.41) is 7.75. The van der Waals surface area contributed by atoms with E-state index in [0.717, 1.165) is 0 Å². The topological polar surface area (TPSA) is 92.5 Å². The first-order chi connectivity index (χ1) is 6.48. The Labute approximate surface area is 82.6 Å². The monoisotopic (exact) mass is 219 g/mol. The number of carbonyl (C=O) groups is 1. The molecule has 3 N–H and O–H groups in total. The van der Waals surface area contributed by atoms with Crippen molar-refractivity contribution in [2.75, 3.05) is 19.6 Å². The highest BCUT2D eigenvalue weighted by molar-refractivity contribution is 7.86. The quantitative estimate of drug-likeness (QED) is 0.548. The molecule has 2 fully saturated rings. The van der Waals surface area contributed by atoms with E-state index in [1.165, 1.54) is 4.31 Å². The fourth-order valence-corrected chi connectivity index (χ4v) is 2.90. The van der Waals surface area contributed by atoms with Crippen molar-refractivity contribution >= 4 is 16.1 Å². The molecule has 0 aromatic heterocycles. The number of nitrogens with zero attached hydrogens (tertiary/aromatic N) is 1. The van der Waals surface area contributed by atoms with Gasteiger partial charge in [0.1, 0.15) is 0 Å². The van der Waals surface area contributed by atoms with Crippen molar-refractivity contribution in [2.24, 2.45) is 17.0 Å². The molecule has 14 heavy (non-hydrogen) atoms. The van der Waals surface area contributed by atoms with E-state index < -0.39 is 10.2 Å². The summed E-state index contributed by atoms with van der Waals surface area (Å²) in [5.41, 5.74) is 0. The van der Waals surface area contributed by atoms with Gasteiger partial charge in [0, 0.05) is 31.5 Å². The SMILES string of the molecule is NS(=O)(=O)N1CCC2C(=O)NCC2C1. The molecular weight excluding hydrogens is 206 g/mol. The summed E-state index contributed by atoms with van der Waals surface area (Å²) in [5.74, 6) is 0.117. The van der Waals surface area contributed by atoms with Gasteiger partial charge in [-0.25, -0.2) is 5.14 Å². The van der Waals surface area contributed by atoms with Gasteiger partial charge in [0.15, 0.2) is 0 Å². The lowest BCUT2D eigenvalue weighted by molar-refractivity contribution is -0.123. The van der Waals surface area contributed by atoms with Crippen LogP contribution in [0.5, 0.6) is 0 Å². The Balaban J connectivity index is 2.10. The van der Waals surface area contributed by atoms with Crippen LogP contribution >= 0.6 is 0 Å². The summed E-state index contributed by atoms with van der Waals surface area (Å²) in [7, 11) is -3.59. The lowest BCUT2D eigenvalue weighted by Crippen LogP contribution is -2.46. The van der Waals surface area contributed by atoms with Gasteiger partial charge >= 0.3 is 0 Å². The van der Waals surface area contributed by atoms with Crippen LogP contribution in [0.25, 0.3) is 0 Å². The lowest BCUT2D eigenvalue weighted by Gasteiger charge is -2.30. The molecule has 0 bridgehead atoms. The molecule has 0 saturated carbocycles. The summed E-state index contributed by atoms with van der Waals surface area (Å²) in [6.07, 6.45) is 0.576. The summed E-state index contributed by atoms with van der Waals surface area (Å²) >= 11 is 0. The minimum Gasteiger partial charge on any atom is -0.355 e. The number of fused-ring (bicyclic) bond motifs is 1. The van der Waals surface area contributed by atoms with E-state index in [1.54, 1.807) is 0 Å². The predicted molar refractivity (Wildman–Crippen MR) is 49.3 cm³/mol. The van der Waals surface area contributed by atoms with E-state index in [4.69, 9.17) is 5.14 Å². The summed E-state index contributed by atoms with van der Waals surface area (Å²) in [4.78, 5) is 11.3. The van der Waals surface area contributed by atoms with Gasteiger partial charge in [0.05, 0.1) is 0 Å². The van der Waals surface area contributed by atoms with E-state index in [0.29, 0.717) is 26.1 Å². The van der Waals surface area contributed by atoms with Crippen LogP contribution in [0.2, 0.25) is 0 Å². The third kappa shape index (κ3) is 1.62. The summed E-state index contributed by atoms with van der Waals surface area (Å²) < 4.78 is 23.4. The van der Waals surface area contributed by atoms with Crippen molar-refractivity contribution in [2.45, 2.75) is 6.42 Å². The number of piperidine rings is 1. The Morgan fingerprint density at radius 2 is 2.21 bits per heavy atom. The molecule has 1 amide bonds. The van der Waals surface area contributed by atoms with Crippen molar-refractivity contribution in [3.63, 3.8) is 0 Å². The van der Waals surface area contributed by atoms with Gasteiger partial charge in [0.2, 0.25) is 5.91 Å². The number of amides is 1. The van der Waals surface area contributed by atoms with Crippen molar-refractivity contribution in [1.82, 2.24) is 9.62 Å². The van der Waals surface area contributed by atoms with Crippen molar-refractivity contribution in [3.05, 3.63) is 0 Å². The Hall–Kier alpha value is -0.660. The van der Waals surface area contributed by atoms with Crippen LogP contribution in [0.4, 0.5) is 0 Å². The maximum absolute atomic E-state index is 11.3. The summed E-state index contributed by atoms with van der Waals surface area (Å²) in [6.45, 7) is 1.28. The van der Waals surface area contributed by atoms with Gasteiger partial charge in [-0.2, -0.15) is 12.7 Å². The van der Waals surface area contributed by atoms with Gasteiger partial charge in [-0.15, -0.1) is 0 Å². The van der Waals surface area contributed by atoms with Crippen LogP contribution in [0.15, 0.2) is 0 Å². The predicted octanol–water partition coefficient (Wildman–Crippen LogP) is -1.74. The maximum atomic E-state index is 11.3. The van der Waals surface area contributed by atoms with E-state index in [-0.39, 0.29) is 17.7 Å². The van der Waals surface area contributed by atoms with Crippen LogP contribution in [0.3, 0.4) is 0 Å². The molecule has 0 spiro atoms. The van der Waals surface area contributed by atoms with Gasteiger partial charge in [-0.1, -0.05) is 0 Å². The zero-order chi connectivity index (χ0) is 10.3. The van der Waals surface area contributed by atoms with Crippen LogP contribution < -0.4 is 10.5 Å². The molecule has 0 aromatic rings. The second-order valence-corrected chi connectivity index (χ2v) is 5.35. The zero-order valence-electron chi connectivity index (χ0n) is 7.64. The molecule has 80 valence electrons. The van der Waals surface area contributed by atoms with Crippen LogP contribution in [0.1, 0.15) is 6.42 Å². The number of hydrogen-bond donors (Lipinski definition) is 2. The highest BCUT2D eigenvalue weighted by atomic mass is 32.2. The molecule has 2 saturated heterocycles. The highest BCUT2D eigenvalue weighted by Gasteiger charge is 2.40. The van der Waals surface area contributed by atoms with Crippen molar-refractivity contribution in [1.29, 1.82) is 0 Å². The van der Waals surface area contributed by atoms with E-state index >= 15 is 0 Å². The van der Waals surface area contributed by atoms with Gasteiger partial charge in [0.25, 0.3) is 10.2 Å². The maximum Gasteiger partial charge on any atom is 0.276 e. The van der Waals surface area contributed by atoms with E-state index in [1.807, 2.05) is 0 Å². The van der Waals surface area contributed by atoms with Crippen LogP contribution in [-0.4, -0.2) is 38.3 Å². The number of rotatable bonds is 1. The molecule has 7 heteroatoms. The minimum absolute atomic E-state index is 0.0204. The normalized spacial score (nSPS) is 33.9. The lowest BCUT2D eigenvalue weighted by atomic mass is 9.89. The van der Waals surface area contributed by atoms with Gasteiger partial charge < -0.3 is 5.32 Å². The first-order valence-corrected chi connectivity index (χ1v) is 6.04. The molecule has 6 nitrogen and oxygen atoms in total. The first kappa shape index (κ1) is 9.88. The second-order valence-electron chi connectivity index (χ2n) is 3.80. The molecule has 2 atom stereocenters. The average molecular weight is 219 g/mol. The fourth-order valence-electron chi connectivity index (χ4n) is 2.14. The molecule has 0 aliphatic carbocycles. The molecule has 2 unspecified atom stereocenters. The molecule has 2 aliphatic heterocycles. The minimum atomic E-state index is -3.59. The van der Waals surface area contributed by atoms with E-state index in [9.17, 15) is 13.2 Å². The average Bonchev–Trinajstić information content (AvgIpc) is 2.46. The van der Waals surface area contributed by atoms with Crippen LogP contribution in [-0.2, 0) is 15.0 Å². The molecular formula is C7H13N3O3S. The molecule has 2 heterocycles. The summed E-state index contributed by atoms with van der Waals surface area (Å²) in [6, 6.07) is 0. The first-order valence-electron chi connectivity index (χ1n) is 4.54. The number of nitrogens with two attached hydrogens (primary N) is 1. The smallest absolute Gasteiger partial charge is 0.276 e. The molecule has 0 aromatic carbocycles. The standard InChI is InChI=1S/C7H13N3O3S/c8-14(12,13)10-2-1-6-5(4-10)3-9-7(6)11/h5-6H,1-4H2,(H,9,11)(H2,8,12,13). The van der Waals surface area contributed by atoms with Gasteiger partial charge in [-0.05, 0) is 6.42 Å². The largest absolute Gasteiger partial charge is 0.355 e. The molecule has 2 aliphatic rings. The third-order valence-electron chi connectivity index (χ3n) is 2.93. The number of carbonyl (C=O) groups excluding carboxylic acids is 1. The Kier molecular flexibility index (Phi) is 2.24. The third-order valence-corrected chi connectivity index (χ3v) is 3.98. The Bertz CT molecular complexity index is 353. The fraction of sp³-hybridized carbons (Fsp3) is 0.857. The second kappa shape index (κ2) is 3.18. The van der Waals surface area contributed by atoms with Gasteiger partial charge in [-0.3, -0.25) is 4.79 Å². The number of hydrogen-bond acceptors (Lipinski definition) is 3. The Morgan fingerprint density at radius 3 is 2.86 bits per heavy atom. The number of nitrogens with one attached hydrogen (secondary N) is 1.